The smallest absolute Gasteiger partial charge is 0.244 e. The van der Waals surface area contributed by atoms with E-state index in [0.717, 1.165) is 17.4 Å². The molecule has 0 radical (unpaired) electrons. The van der Waals surface area contributed by atoms with Crippen molar-refractivity contribution < 1.29 is 4.52 Å². The predicted molar refractivity (Wildman–Crippen MR) is 74.4 cm³/mol. The van der Waals surface area contributed by atoms with Gasteiger partial charge in [-0.15, -0.1) is 0 Å². The van der Waals surface area contributed by atoms with E-state index in [0.29, 0.717) is 23.3 Å². The molecule has 2 atom stereocenters. The number of aromatic nitrogens is 3. The van der Waals surface area contributed by atoms with Crippen LogP contribution in [0.4, 0.5) is 0 Å². The first-order valence-electron chi connectivity index (χ1n) is 6.42. The summed E-state index contributed by atoms with van der Waals surface area (Å²) in [7, 11) is 0. The second-order valence-electron chi connectivity index (χ2n) is 4.93. The number of hydrogen-bond donors (Lipinski definition) is 1. The molecule has 100 valence electrons. The molecule has 0 bridgehead atoms. The highest BCUT2D eigenvalue weighted by Gasteiger charge is 2.25. The van der Waals surface area contributed by atoms with Gasteiger partial charge in [0.2, 0.25) is 11.7 Å². The Morgan fingerprint density at radius 3 is 3.16 bits per heavy atom. The van der Waals surface area contributed by atoms with Crippen LogP contribution >= 0.6 is 15.9 Å². The molecule has 6 heteroatoms. The van der Waals surface area contributed by atoms with Crippen molar-refractivity contribution in [3.05, 3.63) is 28.7 Å². The molecular weight excluding hydrogens is 308 g/mol. The van der Waals surface area contributed by atoms with Gasteiger partial charge in [0, 0.05) is 10.7 Å². The molecule has 1 fully saturated rings. The molecule has 0 saturated carbocycles. The zero-order chi connectivity index (χ0) is 13.2. The van der Waals surface area contributed by atoms with Crippen molar-refractivity contribution in [2.24, 2.45) is 5.92 Å². The minimum Gasteiger partial charge on any atom is -0.337 e. The molecule has 1 aliphatic heterocycles. The maximum atomic E-state index is 5.38. The largest absolute Gasteiger partial charge is 0.337 e. The number of nitrogens with zero attached hydrogens (tertiary/aromatic N) is 3. The van der Waals surface area contributed by atoms with Gasteiger partial charge in [-0.2, -0.15) is 4.98 Å². The van der Waals surface area contributed by atoms with Crippen LogP contribution in [0.5, 0.6) is 0 Å². The number of pyridine rings is 1. The monoisotopic (exact) mass is 322 g/mol. The highest BCUT2D eigenvalue weighted by Crippen LogP contribution is 2.28. The molecule has 3 rings (SSSR count). The van der Waals surface area contributed by atoms with Gasteiger partial charge in [-0.1, -0.05) is 12.1 Å². The molecule has 2 aromatic heterocycles. The molecule has 1 saturated heterocycles. The molecule has 19 heavy (non-hydrogen) atoms. The van der Waals surface area contributed by atoms with Crippen molar-refractivity contribution >= 4 is 15.9 Å². The topological polar surface area (TPSA) is 63.8 Å². The van der Waals surface area contributed by atoms with Crippen LogP contribution in [0, 0.1) is 5.92 Å². The van der Waals surface area contributed by atoms with Gasteiger partial charge in [0.15, 0.2) is 0 Å². The van der Waals surface area contributed by atoms with E-state index in [4.69, 9.17) is 4.52 Å². The average molecular weight is 323 g/mol. The van der Waals surface area contributed by atoms with E-state index in [1.165, 1.54) is 6.42 Å². The number of piperidine rings is 1. The summed E-state index contributed by atoms with van der Waals surface area (Å²) >= 11 is 3.45. The van der Waals surface area contributed by atoms with Crippen LogP contribution in [0.25, 0.3) is 11.5 Å². The molecule has 1 aliphatic rings. The Morgan fingerprint density at radius 2 is 2.37 bits per heavy atom. The van der Waals surface area contributed by atoms with E-state index in [-0.39, 0.29) is 6.04 Å². The summed E-state index contributed by atoms with van der Waals surface area (Å²) in [6.45, 7) is 3.25. The summed E-state index contributed by atoms with van der Waals surface area (Å²) in [6.07, 6.45) is 3.95. The lowest BCUT2D eigenvalue weighted by molar-refractivity contribution is 0.260. The maximum Gasteiger partial charge on any atom is 0.244 e. The first kappa shape index (κ1) is 12.7. The van der Waals surface area contributed by atoms with Gasteiger partial charge in [0.05, 0.1) is 6.04 Å². The molecular formula is C13H15BrN4O. The van der Waals surface area contributed by atoms with Crippen LogP contribution in [0.3, 0.4) is 0 Å². The van der Waals surface area contributed by atoms with Gasteiger partial charge in [-0.3, -0.25) is 4.98 Å². The summed E-state index contributed by atoms with van der Waals surface area (Å²) < 4.78 is 6.25. The summed E-state index contributed by atoms with van der Waals surface area (Å²) in [4.78, 5) is 8.74. The van der Waals surface area contributed by atoms with Crippen LogP contribution in [0.2, 0.25) is 0 Å². The average Bonchev–Trinajstić information content (AvgIpc) is 2.89. The fourth-order valence-electron chi connectivity index (χ4n) is 2.32. The molecule has 5 nitrogen and oxygen atoms in total. The SMILES string of the molecule is CC1CCNC(c2nc(-c3ncccc3Br)no2)C1. The van der Waals surface area contributed by atoms with Gasteiger partial charge in [-0.25, -0.2) is 0 Å². The van der Waals surface area contributed by atoms with Crippen molar-refractivity contribution in [2.75, 3.05) is 6.54 Å². The quantitative estimate of drug-likeness (QED) is 0.920. The Balaban J connectivity index is 1.85. The molecule has 0 aromatic carbocycles. The molecule has 0 aliphatic carbocycles. The molecule has 0 spiro atoms. The second kappa shape index (κ2) is 5.38. The van der Waals surface area contributed by atoms with Crippen LogP contribution in [0.1, 0.15) is 31.7 Å². The fourth-order valence-corrected chi connectivity index (χ4v) is 2.75. The molecule has 2 aromatic rings. The minimum atomic E-state index is 0.160. The zero-order valence-electron chi connectivity index (χ0n) is 10.6. The maximum absolute atomic E-state index is 5.38. The van der Waals surface area contributed by atoms with Crippen molar-refractivity contribution in [3.8, 4) is 11.5 Å². The third-order valence-corrected chi connectivity index (χ3v) is 4.02. The van der Waals surface area contributed by atoms with Gasteiger partial charge in [0.1, 0.15) is 5.69 Å². The van der Waals surface area contributed by atoms with E-state index in [1.807, 2.05) is 12.1 Å². The Kier molecular flexibility index (Phi) is 3.61. The highest BCUT2D eigenvalue weighted by molar-refractivity contribution is 9.10. The fraction of sp³-hybridized carbons (Fsp3) is 0.462. The third kappa shape index (κ3) is 2.69. The molecule has 1 N–H and O–H groups in total. The van der Waals surface area contributed by atoms with Gasteiger partial charge in [-0.05, 0) is 53.4 Å². The van der Waals surface area contributed by atoms with Crippen LogP contribution in [-0.4, -0.2) is 21.7 Å². The van der Waals surface area contributed by atoms with Crippen molar-refractivity contribution in [3.63, 3.8) is 0 Å². The van der Waals surface area contributed by atoms with Crippen molar-refractivity contribution in [2.45, 2.75) is 25.8 Å². The number of halogens is 1. The summed E-state index contributed by atoms with van der Waals surface area (Å²) in [5.41, 5.74) is 0.710. The Bertz CT molecular complexity index is 571. The zero-order valence-corrected chi connectivity index (χ0v) is 12.2. The molecule has 0 amide bonds. The van der Waals surface area contributed by atoms with E-state index < -0.39 is 0 Å². The highest BCUT2D eigenvalue weighted by atomic mass is 79.9. The lowest BCUT2D eigenvalue weighted by Gasteiger charge is -2.25. The third-order valence-electron chi connectivity index (χ3n) is 3.38. The summed E-state index contributed by atoms with van der Waals surface area (Å²) in [6, 6.07) is 3.94. The predicted octanol–water partition coefficient (Wildman–Crippen LogP) is 2.95. The van der Waals surface area contributed by atoms with E-state index in [9.17, 15) is 0 Å². The first-order chi connectivity index (χ1) is 9.24. The van der Waals surface area contributed by atoms with Crippen molar-refractivity contribution in [1.82, 2.24) is 20.4 Å². The number of hydrogen-bond acceptors (Lipinski definition) is 5. The van der Waals surface area contributed by atoms with Gasteiger partial charge in [0.25, 0.3) is 0 Å². The lowest BCUT2D eigenvalue weighted by atomic mass is 9.94. The Labute approximate surface area is 119 Å². The standard InChI is InChI=1S/C13H15BrN4O/c1-8-4-6-15-10(7-8)13-17-12(18-19-13)11-9(14)3-2-5-16-11/h2-3,5,8,10,15H,4,6-7H2,1H3. The number of nitrogens with one attached hydrogen (secondary N) is 1. The number of rotatable bonds is 2. The van der Waals surface area contributed by atoms with E-state index in [1.54, 1.807) is 6.20 Å². The normalized spacial score (nSPS) is 23.5. The summed E-state index contributed by atoms with van der Waals surface area (Å²) in [5, 5.41) is 7.45. The first-order valence-corrected chi connectivity index (χ1v) is 7.21. The van der Waals surface area contributed by atoms with Crippen molar-refractivity contribution in [1.29, 1.82) is 0 Å². The lowest BCUT2D eigenvalue weighted by Crippen LogP contribution is -2.30. The van der Waals surface area contributed by atoms with E-state index >= 15 is 0 Å². The molecule has 2 unspecified atom stereocenters. The minimum absolute atomic E-state index is 0.160. The second-order valence-corrected chi connectivity index (χ2v) is 5.78. The molecule has 3 heterocycles. The van der Waals surface area contributed by atoms with Gasteiger partial charge < -0.3 is 9.84 Å². The van der Waals surface area contributed by atoms with Crippen LogP contribution in [-0.2, 0) is 0 Å². The van der Waals surface area contributed by atoms with Crippen LogP contribution < -0.4 is 5.32 Å². The van der Waals surface area contributed by atoms with E-state index in [2.05, 4.69) is 43.3 Å². The van der Waals surface area contributed by atoms with Crippen LogP contribution in [0.15, 0.2) is 27.3 Å². The Hall–Kier alpha value is -1.27. The Morgan fingerprint density at radius 1 is 1.47 bits per heavy atom. The summed E-state index contributed by atoms with van der Waals surface area (Å²) in [5.74, 6) is 1.87. The van der Waals surface area contributed by atoms with Gasteiger partial charge >= 0.3 is 0 Å².